The van der Waals surface area contributed by atoms with Gasteiger partial charge in [-0.15, -0.1) is 0 Å². The molecule has 0 unspecified atom stereocenters. The minimum atomic E-state index is -0.123. The van der Waals surface area contributed by atoms with Crippen LogP contribution in [0.5, 0.6) is 0 Å². The standard InChI is InChI=1S/C16H22N4S/c1-10-6-8-12(9-7-10)21-14-11(2)13(20-17)18-15(19-14)16(3,4)5/h6-9H,17H2,1-5H3,(H,18,19,20). The van der Waals surface area contributed by atoms with Crippen molar-refractivity contribution in [3.63, 3.8) is 0 Å². The van der Waals surface area contributed by atoms with Crippen LogP contribution in [0.3, 0.4) is 0 Å². The van der Waals surface area contributed by atoms with Crippen LogP contribution in [0.4, 0.5) is 5.82 Å². The normalized spacial score (nSPS) is 11.5. The van der Waals surface area contributed by atoms with Gasteiger partial charge >= 0.3 is 0 Å². The molecular weight excluding hydrogens is 280 g/mol. The third-order valence-corrected chi connectivity index (χ3v) is 4.24. The lowest BCUT2D eigenvalue weighted by molar-refractivity contribution is 0.538. The molecule has 0 aliphatic rings. The molecule has 0 bridgehead atoms. The summed E-state index contributed by atoms with van der Waals surface area (Å²) in [7, 11) is 0. The maximum absolute atomic E-state index is 5.60. The number of benzene rings is 1. The van der Waals surface area contributed by atoms with Gasteiger partial charge in [-0.05, 0) is 26.0 Å². The minimum Gasteiger partial charge on any atom is -0.308 e. The van der Waals surface area contributed by atoms with Gasteiger partial charge in [-0.3, -0.25) is 0 Å². The van der Waals surface area contributed by atoms with Crippen molar-refractivity contribution in [2.75, 3.05) is 5.43 Å². The van der Waals surface area contributed by atoms with Gasteiger partial charge in [0.25, 0.3) is 0 Å². The van der Waals surface area contributed by atoms with Crippen molar-refractivity contribution in [3.05, 3.63) is 41.2 Å². The second-order valence-corrected chi connectivity index (χ2v) is 7.20. The van der Waals surface area contributed by atoms with E-state index in [1.165, 1.54) is 5.56 Å². The van der Waals surface area contributed by atoms with E-state index in [0.717, 1.165) is 21.3 Å². The zero-order valence-corrected chi connectivity index (χ0v) is 14.0. The van der Waals surface area contributed by atoms with E-state index >= 15 is 0 Å². The van der Waals surface area contributed by atoms with Gasteiger partial charge in [0.05, 0.1) is 0 Å². The number of hydrogen-bond donors (Lipinski definition) is 2. The fraction of sp³-hybridized carbons (Fsp3) is 0.375. The highest BCUT2D eigenvalue weighted by Gasteiger charge is 2.21. The molecule has 1 aromatic carbocycles. The van der Waals surface area contributed by atoms with Crippen molar-refractivity contribution in [1.29, 1.82) is 0 Å². The second kappa shape index (κ2) is 6.03. The first-order chi connectivity index (χ1) is 9.81. The van der Waals surface area contributed by atoms with Gasteiger partial charge in [-0.25, -0.2) is 15.8 Å². The van der Waals surface area contributed by atoms with E-state index in [2.05, 4.69) is 62.4 Å². The zero-order chi connectivity index (χ0) is 15.6. The predicted octanol–water partition coefficient (Wildman–Crippen LogP) is 3.83. The molecule has 0 saturated carbocycles. The molecule has 4 nitrogen and oxygen atoms in total. The number of aryl methyl sites for hydroxylation is 1. The number of anilines is 1. The Morgan fingerprint density at radius 2 is 1.67 bits per heavy atom. The van der Waals surface area contributed by atoms with Crippen molar-refractivity contribution < 1.29 is 0 Å². The SMILES string of the molecule is Cc1ccc(Sc2nc(C(C)(C)C)nc(NN)c2C)cc1. The molecule has 3 N–H and O–H groups in total. The van der Waals surface area contributed by atoms with Gasteiger partial charge < -0.3 is 5.43 Å². The number of nitrogen functional groups attached to an aromatic ring is 1. The Bertz CT molecular complexity index is 630. The molecule has 2 aromatic rings. The van der Waals surface area contributed by atoms with E-state index in [0.29, 0.717) is 5.82 Å². The van der Waals surface area contributed by atoms with Crippen LogP contribution in [0.1, 0.15) is 37.7 Å². The Morgan fingerprint density at radius 3 is 2.19 bits per heavy atom. The Labute approximate surface area is 130 Å². The number of rotatable bonds is 3. The molecule has 0 fully saturated rings. The fourth-order valence-electron chi connectivity index (χ4n) is 1.79. The number of nitrogens with zero attached hydrogens (tertiary/aromatic N) is 2. The topological polar surface area (TPSA) is 63.8 Å². The summed E-state index contributed by atoms with van der Waals surface area (Å²) in [5.41, 5.74) is 4.77. The van der Waals surface area contributed by atoms with Crippen LogP contribution in [-0.2, 0) is 5.41 Å². The van der Waals surface area contributed by atoms with Crippen LogP contribution < -0.4 is 11.3 Å². The molecule has 5 heteroatoms. The van der Waals surface area contributed by atoms with Gasteiger partial charge in [0, 0.05) is 15.9 Å². The summed E-state index contributed by atoms with van der Waals surface area (Å²) >= 11 is 1.64. The van der Waals surface area contributed by atoms with E-state index < -0.39 is 0 Å². The molecule has 0 amide bonds. The number of nitrogens with one attached hydrogen (secondary N) is 1. The van der Waals surface area contributed by atoms with Crippen LogP contribution >= 0.6 is 11.8 Å². The highest BCUT2D eigenvalue weighted by molar-refractivity contribution is 7.99. The third-order valence-electron chi connectivity index (χ3n) is 3.14. The smallest absolute Gasteiger partial charge is 0.147 e. The summed E-state index contributed by atoms with van der Waals surface area (Å²) < 4.78 is 0. The molecule has 0 spiro atoms. The lowest BCUT2D eigenvalue weighted by Gasteiger charge is -2.20. The summed E-state index contributed by atoms with van der Waals surface area (Å²) in [6.45, 7) is 10.4. The van der Waals surface area contributed by atoms with Crippen molar-refractivity contribution in [3.8, 4) is 0 Å². The molecule has 21 heavy (non-hydrogen) atoms. The number of hydrogen-bond acceptors (Lipinski definition) is 5. The van der Waals surface area contributed by atoms with Gasteiger partial charge in [0.2, 0.25) is 0 Å². The highest BCUT2D eigenvalue weighted by Crippen LogP contribution is 2.33. The highest BCUT2D eigenvalue weighted by atomic mass is 32.2. The molecule has 0 aliphatic carbocycles. The third kappa shape index (κ3) is 3.74. The average Bonchev–Trinajstić information content (AvgIpc) is 2.42. The zero-order valence-electron chi connectivity index (χ0n) is 13.2. The molecule has 112 valence electrons. The molecule has 0 radical (unpaired) electrons. The van der Waals surface area contributed by atoms with Crippen molar-refractivity contribution in [1.82, 2.24) is 9.97 Å². The van der Waals surface area contributed by atoms with Crippen molar-refractivity contribution >= 4 is 17.6 Å². The van der Waals surface area contributed by atoms with E-state index in [1.54, 1.807) is 11.8 Å². The molecule has 2 rings (SSSR count). The van der Waals surface area contributed by atoms with Crippen LogP contribution in [0.15, 0.2) is 34.2 Å². The van der Waals surface area contributed by atoms with E-state index in [1.807, 2.05) is 6.92 Å². The van der Waals surface area contributed by atoms with Gasteiger partial charge in [0.1, 0.15) is 16.7 Å². The maximum Gasteiger partial charge on any atom is 0.147 e. The first-order valence-corrected chi connectivity index (χ1v) is 7.73. The quantitative estimate of drug-likeness (QED) is 0.512. The Morgan fingerprint density at radius 1 is 1.05 bits per heavy atom. The van der Waals surface area contributed by atoms with Crippen molar-refractivity contribution in [2.45, 2.75) is 50.0 Å². The lowest BCUT2D eigenvalue weighted by atomic mass is 9.95. The molecule has 0 aliphatic heterocycles. The summed E-state index contributed by atoms with van der Waals surface area (Å²) in [4.78, 5) is 10.4. The Hall–Kier alpha value is -1.59. The second-order valence-electron chi connectivity index (χ2n) is 6.14. The molecule has 1 heterocycles. The van der Waals surface area contributed by atoms with E-state index in [4.69, 9.17) is 10.8 Å². The van der Waals surface area contributed by atoms with Crippen LogP contribution in [0, 0.1) is 13.8 Å². The minimum absolute atomic E-state index is 0.123. The first kappa shape index (κ1) is 15.8. The average molecular weight is 302 g/mol. The van der Waals surface area contributed by atoms with Gasteiger partial charge in [-0.2, -0.15) is 0 Å². The van der Waals surface area contributed by atoms with E-state index in [-0.39, 0.29) is 5.41 Å². The maximum atomic E-state index is 5.60. The summed E-state index contributed by atoms with van der Waals surface area (Å²) in [5.74, 6) is 7.07. The van der Waals surface area contributed by atoms with Crippen molar-refractivity contribution in [2.24, 2.45) is 5.84 Å². The molecule has 0 saturated heterocycles. The number of aromatic nitrogens is 2. The summed E-state index contributed by atoms with van der Waals surface area (Å²) in [5, 5.41) is 0.937. The number of hydrazine groups is 1. The van der Waals surface area contributed by atoms with Gasteiger partial charge in [-0.1, -0.05) is 50.2 Å². The van der Waals surface area contributed by atoms with Gasteiger partial charge in [0.15, 0.2) is 0 Å². The summed E-state index contributed by atoms with van der Waals surface area (Å²) in [6, 6.07) is 8.42. The number of nitrogens with two attached hydrogens (primary N) is 1. The Balaban J connectivity index is 2.44. The van der Waals surface area contributed by atoms with Crippen LogP contribution in [0.2, 0.25) is 0 Å². The van der Waals surface area contributed by atoms with Crippen LogP contribution in [-0.4, -0.2) is 9.97 Å². The first-order valence-electron chi connectivity index (χ1n) is 6.91. The molecule has 0 atom stereocenters. The predicted molar refractivity (Wildman–Crippen MR) is 88.6 cm³/mol. The largest absolute Gasteiger partial charge is 0.308 e. The molecular formula is C16H22N4S. The monoisotopic (exact) mass is 302 g/mol. The summed E-state index contributed by atoms with van der Waals surface area (Å²) in [6.07, 6.45) is 0. The lowest BCUT2D eigenvalue weighted by Crippen LogP contribution is -2.20. The van der Waals surface area contributed by atoms with E-state index in [9.17, 15) is 0 Å². The fourth-order valence-corrected chi connectivity index (χ4v) is 2.67. The Kier molecular flexibility index (Phi) is 4.54. The van der Waals surface area contributed by atoms with Crippen LogP contribution in [0.25, 0.3) is 0 Å². The molecule has 1 aromatic heterocycles.